The van der Waals surface area contributed by atoms with Crippen LogP contribution >= 0.6 is 0 Å². The number of hydrogen-bond acceptors (Lipinski definition) is 7. The summed E-state index contributed by atoms with van der Waals surface area (Å²) in [7, 11) is 1.91. The van der Waals surface area contributed by atoms with Crippen molar-refractivity contribution in [2.75, 3.05) is 17.7 Å². The molecule has 2 aromatic rings. The van der Waals surface area contributed by atoms with E-state index in [0.717, 1.165) is 5.82 Å². The Hall–Kier alpha value is -2.38. The summed E-state index contributed by atoms with van der Waals surface area (Å²) in [6, 6.07) is 0.215. The van der Waals surface area contributed by atoms with E-state index in [9.17, 15) is 0 Å². The molecule has 8 heteroatoms. The van der Waals surface area contributed by atoms with Crippen LogP contribution in [0.2, 0.25) is 0 Å². The summed E-state index contributed by atoms with van der Waals surface area (Å²) in [6.45, 7) is 2.82. The molecule has 0 saturated carbocycles. The number of aromatic nitrogens is 5. The van der Waals surface area contributed by atoms with Gasteiger partial charge in [-0.05, 0) is 6.92 Å². The number of anilines is 2. The molecule has 18 heavy (non-hydrogen) atoms. The zero-order chi connectivity index (χ0) is 13.0. The summed E-state index contributed by atoms with van der Waals surface area (Å²) in [5.41, 5.74) is 5.57. The van der Waals surface area contributed by atoms with E-state index >= 15 is 0 Å². The van der Waals surface area contributed by atoms with Crippen molar-refractivity contribution in [1.82, 2.24) is 24.5 Å². The summed E-state index contributed by atoms with van der Waals surface area (Å²) >= 11 is 0. The van der Waals surface area contributed by atoms with Crippen molar-refractivity contribution in [3.05, 3.63) is 18.2 Å². The Morgan fingerprint density at radius 1 is 1.39 bits per heavy atom. The SMILES string of the molecule is CCOc1nc(N)nc(NCc2nccn2C)n1. The number of imidazole rings is 1. The van der Waals surface area contributed by atoms with E-state index in [2.05, 4.69) is 25.3 Å². The molecule has 0 spiro atoms. The van der Waals surface area contributed by atoms with Crippen LogP contribution < -0.4 is 15.8 Å². The number of nitrogens with zero attached hydrogens (tertiary/aromatic N) is 5. The van der Waals surface area contributed by atoms with Crippen LogP contribution in [-0.4, -0.2) is 31.1 Å². The molecule has 2 heterocycles. The fourth-order valence-electron chi connectivity index (χ4n) is 1.37. The fourth-order valence-corrected chi connectivity index (χ4v) is 1.37. The average molecular weight is 249 g/mol. The van der Waals surface area contributed by atoms with Crippen molar-refractivity contribution < 1.29 is 4.74 Å². The third-order valence-corrected chi connectivity index (χ3v) is 2.23. The highest BCUT2D eigenvalue weighted by Crippen LogP contribution is 2.09. The fraction of sp³-hybridized carbons (Fsp3) is 0.400. The Kier molecular flexibility index (Phi) is 3.56. The number of aryl methyl sites for hydroxylation is 1. The number of rotatable bonds is 5. The van der Waals surface area contributed by atoms with E-state index in [1.807, 2.05) is 24.7 Å². The summed E-state index contributed by atoms with van der Waals surface area (Å²) in [5.74, 6) is 1.36. The predicted molar refractivity (Wildman–Crippen MR) is 65.9 cm³/mol. The maximum Gasteiger partial charge on any atom is 0.323 e. The molecule has 0 aliphatic rings. The van der Waals surface area contributed by atoms with Crippen LogP contribution in [0.5, 0.6) is 6.01 Å². The second-order valence-corrected chi connectivity index (χ2v) is 3.54. The first-order chi connectivity index (χ1) is 8.69. The van der Waals surface area contributed by atoms with Crippen molar-refractivity contribution in [1.29, 1.82) is 0 Å². The van der Waals surface area contributed by atoms with Crippen LogP contribution in [0.25, 0.3) is 0 Å². The Bertz CT molecular complexity index is 525. The second-order valence-electron chi connectivity index (χ2n) is 3.54. The van der Waals surface area contributed by atoms with Gasteiger partial charge in [0.2, 0.25) is 11.9 Å². The smallest absolute Gasteiger partial charge is 0.323 e. The topological polar surface area (TPSA) is 104 Å². The molecule has 2 aromatic heterocycles. The highest BCUT2D eigenvalue weighted by Gasteiger charge is 2.06. The van der Waals surface area contributed by atoms with Gasteiger partial charge in [-0.15, -0.1) is 0 Å². The van der Waals surface area contributed by atoms with E-state index in [4.69, 9.17) is 10.5 Å². The van der Waals surface area contributed by atoms with Gasteiger partial charge < -0.3 is 20.4 Å². The van der Waals surface area contributed by atoms with Gasteiger partial charge in [0.25, 0.3) is 0 Å². The predicted octanol–water partition coefficient (Wildman–Crippen LogP) is 0.198. The lowest BCUT2D eigenvalue weighted by Crippen LogP contribution is -2.11. The van der Waals surface area contributed by atoms with Crippen molar-refractivity contribution in [3.8, 4) is 6.01 Å². The summed E-state index contributed by atoms with van der Waals surface area (Å²) in [4.78, 5) is 16.1. The van der Waals surface area contributed by atoms with E-state index < -0.39 is 0 Å². The molecule has 0 atom stereocenters. The molecular weight excluding hydrogens is 234 g/mol. The highest BCUT2D eigenvalue weighted by molar-refractivity contribution is 5.32. The molecule has 2 rings (SSSR count). The minimum absolute atomic E-state index is 0.121. The molecular formula is C10H15N7O. The Morgan fingerprint density at radius 3 is 2.89 bits per heavy atom. The number of nitrogens with two attached hydrogens (primary N) is 1. The van der Waals surface area contributed by atoms with Crippen molar-refractivity contribution in [3.63, 3.8) is 0 Å². The van der Waals surface area contributed by atoms with Crippen molar-refractivity contribution >= 4 is 11.9 Å². The second kappa shape index (κ2) is 5.30. The van der Waals surface area contributed by atoms with Crippen LogP contribution in [0.1, 0.15) is 12.7 Å². The lowest BCUT2D eigenvalue weighted by atomic mass is 10.6. The highest BCUT2D eigenvalue weighted by atomic mass is 16.5. The Morgan fingerprint density at radius 2 is 2.22 bits per heavy atom. The Labute approximate surface area is 104 Å². The molecule has 0 bridgehead atoms. The molecule has 3 N–H and O–H groups in total. The lowest BCUT2D eigenvalue weighted by Gasteiger charge is -2.07. The van der Waals surface area contributed by atoms with Gasteiger partial charge in [-0.25, -0.2) is 4.98 Å². The largest absolute Gasteiger partial charge is 0.464 e. The molecule has 0 aliphatic heterocycles. The van der Waals surface area contributed by atoms with Crippen LogP contribution in [0.15, 0.2) is 12.4 Å². The zero-order valence-corrected chi connectivity index (χ0v) is 10.3. The summed E-state index contributed by atoms with van der Waals surface area (Å²) in [5, 5.41) is 3.02. The van der Waals surface area contributed by atoms with Gasteiger partial charge in [0.1, 0.15) is 5.82 Å². The van der Waals surface area contributed by atoms with Crippen LogP contribution in [0, 0.1) is 0 Å². The maximum absolute atomic E-state index is 5.57. The molecule has 0 unspecified atom stereocenters. The van der Waals surface area contributed by atoms with Gasteiger partial charge >= 0.3 is 6.01 Å². The molecule has 0 amide bonds. The molecule has 0 aromatic carbocycles. The van der Waals surface area contributed by atoms with Gasteiger partial charge in [-0.3, -0.25) is 0 Å². The van der Waals surface area contributed by atoms with Crippen LogP contribution in [0.4, 0.5) is 11.9 Å². The third-order valence-electron chi connectivity index (χ3n) is 2.23. The standard InChI is InChI=1S/C10H15N7O/c1-3-18-10-15-8(11)14-9(16-10)13-6-7-12-4-5-17(7)2/h4-5H,3,6H2,1-2H3,(H3,11,13,14,15,16). The number of nitrogen functional groups attached to an aromatic ring is 1. The maximum atomic E-state index is 5.57. The van der Waals surface area contributed by atoms with E-state index in [1.54, 1.807) is 6.20 Å². The van der Waals surface area contributed by atoms with Gasteiger partial charge in [0.05, 0.1) is 13.2 Å². The Balaban J connectivity index is 2.07. The zero-order valence-electron chi connectivity index (χ0n) is 10.3. The summed E-state index contributed by atoms with van der Waals surface area (Å²) in [6.07, 6.45) is 3.59. The van der Waals surface area contributed by atoms with Gasteiger partial charge in [0, 0.05) is 19.4 Å². The van der Waals surface area contributed by atoms with Gasteiger partial charge in [0.15, 0.2) is 0 Å². The first-order valence-electron chi connectivity index (χ1n) is 5.53. The van der Waals surface area contributed by atoms with Crippen molar-refractivity contribution in [2.24, 2.45) is 7.05 Å². The third kappa shape index (κ3) is 2.84. The monoisotopic (exact) mass is 249 g/mol. The quantitative estimate of drug-likeness (QED) is 0.779. The van der Waals surface area contributed by atoms with Crippen LogP contribution in [-0.2, 0) is 13.6 Å². The van der Waals surface area contributed by atoms with Gasteiger partial charge in [-0.2, -0.15) is 15.0 Å². The van der Waals surface area contributed by atoms with E-state index in [-0.39, 0.29) is 12.0 Å². The number of ether oxygens (including phenoxy) is 1. The average Bonchev–Trinajstić information content (AvgIpc) is 2.72. The molecule has 8 nitrogen and oxygen atoms in total. The van der Waals surface area contributed by atoms with E-state index in [1.165, 1.54) is 0 Å². The molecule has 0 fully saturated rings. The lowest BCUT2D eigenvalue weighted by molar-refractivity contribution is 0.312. The minimum Gasteiger partial charge on any atom is -0.464 e. The normalized spacial score (nSPS) is 10.3. The molecule has 0 radical (unpaired) electrons. The summed E-state index contributed by atoms with van der Waals surface area (Å²) < 4.78 is 7.09. The first-order valence-corrected chi connectivity index (χ1v) is 5.53. The van der Waals surface area contributed by atoms with Crippen molar-refractivity contribution in [2.45, 2.75) is 13.5 Å². The van der Waals surface area contributed by atoms with Gasteiger partial charge in [-0.1, -0.05) is 0 Å². The minimum atomic E-state index is 0.121. The first kappa shape index (κ1) is 12.1. The number of nitrogens with one attached hydrogen (secondary N) is 1. The molecule has 0 saturated heterocycles. The number of hydrogen-bond donors (Lipinski definition) is 2. The molecule has 96 valence electrons. The molecule has 0 aliphatic carbocycles. The van der Waals surface area contributed by atoms with E-state index in [0.29, 0.717) is 19.1 Å². The van der Waals surface area contributed by atoms with Crippen LogP contribution in [0.3, 0.4) is 0 Å².